The first-order chi connectivity index (χ1) is 11.6. The molecular weight excluding hydrogens is 310 g/mol. The van der Waals surface area contributed by atoms with Crippen LogP contribution in [0.5, 0.6) is 5.75 Å². The molecule has 0 aliphatic rings. The number of nitrogens with zero attached hydrogens (tertiary/aromatic N) is 2. The van der Waals surface area contributed by atoms with Gasteiger partial charge in [-0.2, -0.15) is 5.10 Å². The zero-order valence-corrected chi connectivity index (χ0v) is 14.2. The average Bonchev–Trinajstić information content (AvgIpc) is 2.61. The normalized spacial score (nSPS) is 12.0. The lowest BCUT2D eigenvalue weighted by atomic mass is 10.2. The Labute approximate surface area is 140 Å². The molecule has 0 aliphatic heterocycles. The molecule has 0 unspecified atom stereocenters. The summed E-state index contributed by atoms with van der Waals surface area (Å²) in [5.74, 6) is 0.767. The molecule has 1 aromatic carbocycles. The van der Waals surface area contributed by atoms with Crippen LogP contribution < -0.4 is 15.6 Å². The minimum atomic E-state index is -0.285. The molecule has 0 radical (unpaired) electrons. The molecule has 1 atom stereocenters. The van der Waals surface area contributed by atoms with Crippen molar-refractivity contribution >= 4 is 5.69 Å². The predicted molar refractivity (Wildman–Crippen MR) is 91.7 cm³/mol. The van der Waals surface area contributed by atoms with E-state index < -0.39 is 0 Å². The molecule has 24 heavy (non-hydrogen) atoms. The van der Waals surface area contributed by atoms with Gasteiger partial charge in [-0.15, -0.1) is 0 Å². The molecule has 0 saturated heterocycles. The first-order valence-corrected chi connectivity index (χ1v) is 7.65. The van der Waals surface area contributed by atoms with Crippen LogP contribution in [0, 0.1) is 6.92 Å². The first-order valence-electron chi connectivity index (χ1n) is 7.65. The maximum absolute atomic E-state index is 12.5. The summed E-state index contributed by atoms with van der Waals surface area (Å²) in [6.07, 6.45) is 1.60. The monoisotopic (exact) mass is 333 g/mol. The van der Waals surface area contributed by atoms with Gasteiger partial charge in [0.2, 0.25) is 0 Å². The van der Waals surface area contributed by atoms with Crippen molar-refractivity contribution in [3.63, 3.8) is 0 Å². The summed E-state index contributed by atoms with van der Waals surface area (Å²) in [4.78, 5) is 12.5. The third-order valence-electron chi connectivity index (χ3n) is 3.72. The molecule has 1 heterocycles. The quantitative estimate of drug-likeness (QED) is 0.750. The molecular formula is C17H23N3O4. The Balaban J connectivity index is 2.18. The largest absolute Gasteiger partial charge is 0.497 e. The Morgan fingerprint density at radius 1 is 1.29 bits per heavy atom. The summed E-state index contributed by atoms with van der Waals surface area (Å²) < 4.78 is 11.6. The number of rotatable bonds is 8. The SMILES string of the molecule is COC[C@@H](CO)Nc1cnn(Cc2ccc(OC)cc2)c(=O)c1C. The van der Waals surface area contributed by atoms with Crippen molar-refractivity contribution in [2.45, 2.75) is 19.5 Å². The van der Waals surface area contributed by atoms with Crippen molar-refractivity contribution in [1.82, 2.24) is 9.78 Å². The molecule has 7 heteroatoms. The average molecular weight is 333 g/mol. The van der Waals surface area contributed by atoms with E-state index in [4.69, 9.17) is 9.47 Å². The van der Waals surface area contributed by atoms with Crippen LogP contribution in [-0.4, -0.2) is 48.4 Å². The summed E-state index contributed by atoms with van der Waals surface area (Å²) in [7, 11) is 3.17. The van der Waals surface area contributed by atoms with Crippen LogP contribution in [0.3, 0.4) is 0 Å². The van der Waals surface area contributed by atoms with Gasteiger partial charge < -0.3 is 19.9 Å². The second-order valence-corrected chi connectivity index (χ2v) is 5.47. The first kappa shape index (κ1) is 18.0. The Kier molecular flexibility index (Phi) is 6.34. The highest BCUT2D eigenvalue weighted by atomic mass is 16.5. The molecule has 130 valence electrons. The molecule has 2 rings (SSSR count). The van der Waals surface area contributed by atoms with E-state index in [1.807, 2.05) is 24.3 Å². The molecule has 0 saturated carbocycles. The lowest BCUT2D eigenvalue weighted by Crippen LogP contribution is -2.32. The van der Waals surface area contributed by atoms with Gasteiger partial charge in [0.1, 0.15) is 5.75 Å². The van der Waals surface area contributed by atoms with Gasteiger partial charge in [-0.25, -0.2) is 4.68 Å². The molecule has 7 nitrogen and oxygen atoms in total. The highest BCUT2D eigenvalue weighted by Gasteiger charge is 2.12. The Morgan fingerprint density at radius 3 is 2.58 bits per heavy atom. The topological polar surface area (TPSA) is 85.6 Å². The van der Waals surface area contributed by atoms with Crippen LogP contribution in [0.15, 0.2) is 35.3 Å². The van der Waals surface area contributed by atoms with Crippen molar-refractivity contribution in [1.29, 1.82) is 0 Å². The van der Waals surface area contributed by atoms with Gasteiger partial charge in [0.25, 0.3) is 5.56 Å². The van der Waals surface area contributed by atoms with Crippen LogP contribution in [-0.2, 0) is 11.3 Å². The number of methoxy groups -OCH3 is 2. The fourth-order valence-electron chi connectivity index (χ4n) is 2.31. The Bertz CT molecular complexity index is 713. The summed E-state index contributed by atoms with van der Waals surface area (Å²) in [5.41, 5.74) is 1.93. The van der Waals surface area contributed by atoms with Crippen molar-refractivity contribution in [3.8, 4) is 5.75 Å². The van der Waals surface area contributed by atoms with Gasteiger partial charge in [0.05, 0.1) is 44.8 Å². The Morgan fingerprint density at radius 2 is 2.00 bits per heavy atom. The molecule has 0 spiro atoms. The molecule has 1 aromatic heterocycles. The number of aliphatic hydroxyl groups is 1. The fourth-order valence-corrected chi connectivity index (χ4v) is 2.31. The number of aliphatic hydroxyl groups excluding tert-OH is 1. The zero-order valence-electron chi connectivity index (χ0n) is 14.2. The van der Waals surface area contributed by atoms with Gasteiger partial charge in [-0.3, -0.25) is 4.79 Å². The maximum atomic E-state index is 12.5. The maximum Gasteiger partial charge on any atom is 0.272 e. The van der Waals surface area contributed by atoms with Crippen molar-refractivity contribution < 1.29 is 14.6 Å². The predicted octanol–water partition coefficient (Wildman–Crippen LogP) is 1.03. The van der Waals surface area contributed by atoms with E-state index in [1.54, 1.807) is 27.3 Å². The number of aromatic nitrogens is 2. The Hall–Kier alpha value is -2.38. The van der Waals surface area contributed by atoms with Crippen molar-refractivity contribution in [2.75, 3.05) is 32.8 Å². The van der Waals surface area contributed by atoms with E-state index in [0.717, 1.165) is 11.3 Å². The lowest BCUT2D eigenvalue weighted by Gasteiger charge is -2.18. The van der Waals surface area contributed by atoms with E-state index in [0.29, 0.717) is 24.4 Å². The summed E-state index contributed by atoms with van der Waals surface area (Å²) >= 11 is 0. The molecule has 0 bridgehead atoms. The molecule has 0 fully saturated rings. The smallest absolute Gasteiger partial charge is 0.272 e. The number of ether oxygens (including phenoxy) is 2. The molecule has 0 amide bonds. The highest BCUT2D eigenvalue weighted by Crippen LogP contribution is 2.13. The third-order valence-corrected chi connectivity index (χ3v) is 3.72. The summed E-state index contributed by atoms with van der Waals surface area (Å²) in [5, 5.41) is 16.6. The van der Waals surface area contributed by atoms with Crippen molar-refractivity contribution in [3.05, 3.63) is 51.9 Å². The summed E-state index contributed by atoms with van der Waals surface area (Å²) in [6, 6.07) is 7.20. The van der Waals surface area contributed by atoms with Gasteiger partial charge in [0, 0.05) is 12.7 Å². The lowest BCUT2D eigenvalue weighted by molar-refractivity contribution is 0.153. The highest BCUT2D eigenvalue weighted by molar-refractivity contribution is 5.48. The van der Waals surface area contributed by atoms with E-state index in [-0.39, 0.29) is 18.2 Å². The van der Waals surface area contributed by atoms with Crippen LogP contribution in [0.25, 0.3) is 0 Å². The molecule has 2 N–H and O–H groups in total. The van der Waals surface area contributed by atoms with E-state index in [2.05, 4.69) is 10.4 Å². The standard InChI is InChI=1S/C17H23N3O4/c1-12-16(19-14(10-21)11-23-2)8-18-20(17(12)22)9-13-4-6-15(24-3)7-5-13/h4-8,14,19,21H,9-11H2,1-3H3/t14-/m1/s1. The van der Waals surface area contributed by atoms with Gasteiger partial charge in [-0.05, 0) is 24.6 Å². The fraction of sp³-hybridized carbons (Fsp3) is 0.412. The number of hydrogen-bond acceptors (Lipinski definition) is 6. The minimum Gasteiger partial charge on any atom is -0.497 e. The van der Waals surface area contributed by atoms with Crippen molar-refractivity contribution in [2.24, 2.45) is 0 Å². The van der Waals surface area contributed by atoms with E-state index in [9.17, 15) is 9.90 Å². The van der Waals surface area contributed by atoms with E-state index in [1.165, 1.54) is 4.68 Å². The zero-order chi connectivity index (χ0) is 17.5. The molecule has 0 aliphatic carbocycles. The summed E-state index contributed by atoms with van der Waals surface area (Å²) in [6.45, 7) is 2.36. The second kappa shape index (κ2) is 8.47. The number of nitrogens with one attached hydrogen (secondary N) is 1. The number of anilines is 1. The van der Waals surface area contributed by atoms with Crippen LogP contribution >= 0.6 is 0 Å². The number of hydrogen-bond donors (Lipinski definition) is 2. The van der Waals surface area contributed by atoms with Gasteiger partial charge in [0.15, 0.2) is 0 Å². The second-order valence-electron chi connectivity index (χ2n) is 5.47. The van der Waals surface area contributed by atoms with Crippen LogP contribution in [0.1, 0.15) is 11.1 Å². The minimum absolute atomic E-state index is 0.0950. The molecule has 2 aromatic rings. The van der Waals surface area contributed by atoms with Gasteiger partial charge in [-0.1, -0.05) is 12.1 Å². The number of benzene rings is 1. The van der Waals surface area contributed by atoms with E-state index >= 15 is 0 Å². The van der Waals surface area contributed by atoms with Gasteiger partial charge >= 0.3 is 0 Å². The van der Waals surface area contributed by atoms with Crippen LogP contribution in [0.4, 0.5) is 5.69 Å². The van der Waals surface area contributed by atoms with Crippen LogP contribution in [0.2, 0.25) is 0 Å². The third kappa shape index (κ3) is 4.33.